The molecule has 3 aliphatic carbocycles. The molecule has 0 unspecified atom stereocenters. The topological polar surface area (TPSA) is 0 Å². The number of hydrogen-bond donors (Lipinski definition) is 0. The van der Waals surface area contributed by atoms with Crippen LogP contribution in [0.5, 0.6) is 0 Å². The van der Waals surface area contributed by atoms with Gasteiger partial charge < -0.3 is 0 Å². The minimum atomic E-state index is 0.0134. The van der Waals surface area contributed by atoms with Gasteiger partial charge in [-0.25, -0.2) is 8.78 Å². The molecule has 44 heavy (non-hydrogen) atoms. The molecule has 0 aliphatic heterocycles. The Balaban J connectivity index is 1.07. The lowest BCUT2D eigenvalue weighted by atomic mass is 9.74. The van der Waals surface area contributed by atoms with Crippen molar-refractivity contribution in [1.82, 2.24) is 0 Å². The van der Waals surface area contributed by atoms with Crippen LogP contribution in [0.1, 0.15) is 201 Å². The quantitative estimate of drug-likeness (QED) is 0.188. The fourth-order valence-electron chi connectivity index (χ4n) is 9.26. The van der Waals surface area contributed by atoms with Crippen LogP contribution in [-0.4, -0.2) is 0 Å². The molecule has 0 bridgehead atoms. The van der Waals surface area contributed by atoms with E-state index in [-0.39, 0.29) is 11.6 Å². The van der Waals surface area contributed by atoms with Crippen molar-refractivity contribution in [3.63, 3.8) is 0 Å². The van der Waals surface area contributed by atoms with Crippen LogP contribution < -0.4 is 0 Å². The summed E-state index contributed by atoms with van der Waals surface area (Å²) in [6.07, 6.45) is 27.5. The zero-order valence-corrected chi connectivity index (χ0v) is 28.2. The third kappa shape index (κ3) is 9.19. The van der Waals surface area contributed by atoms with Crippen LogP contribution in [0.2, 0.25) is 0 Å². The Morgan fingerprint density at radius 1 is 0.455 bits per heavy atom. The standard InChI is InChI=1S/C42H62F2/c1-3-5-7-8-10-12-32-13-17-33(18-14-32)37-25-28-40(42(44)29-37)36-23-21-34(22-24-36)38-26-27-39(41(43)30-38)35-19-15-31(16-20-35)11-9-6-4-2/h25-36H,3-24H2,1-2H3. The summed E-state index contributed by atoms with van der Waals surface area (Å²) in [4.78, 5) is 0. The van der Waals surface area contributed by atoms with Crippen molar-refractivity contribution in [2.24, 2.45) is 11.8 Å². The molecule has 2 heteroatoms. The molecule has 0 heterocycles. The van der Waals surface area contributed by atoms with Gasteiger partial charge in [-0.15, -0.1) is 0 Å². The molecule has 3 aliphatic rings. The summed E-state index contributed by atoms with van der Waals surface area (Å²) >= 11 is 0. The molecule has 0 amide bonds. The Kier molecular flexibility index (Phi) is 13.2. The molecule has 0 spiro atoms. The largest absolute Gasteiger partial charge is 0.207 e. The molecule has 0 radical (unpaired) electrons. The Bertz CT molecular complexity index is 1110. The van der Waals surface area contributed by atoms with E-state index < -0.39 is 0 Å². The fourth-order valence-corrected chi connectivity index (χ4v) is 9.26. The van der Waals surface area contributed by atoms with Gasteiger partial charge in [-0.05, 0) is 147 Å². The van der Waals surface area contributed by atoms with Gasteiger partial charge in [-0.2, -0.15) is 0 Å². The first kappa shape index (κ1) is 33.7. The molecule has 0 nitrogen and oxygen atoms in total. The van der Waals surface area contributed by atoms with Crippen LogP contribution in [0, 0.1) is 23.5 Å². The smallest absolute Gasteiger partial charge is 0.126 e. The van der Waals surface area contributed by atoms with Gasteiger partial charge in [0.2, 0.25) is 0 Å². The molecule has 0 saturated heterocycles. The SMILES string of the molecule is CCCCCCCC1CCC(c2ccc(C3CCC(c4ccc(C5CCC(CCCCC)CC5)c(F)c4)CC3)c(F)c2)CC1. The van der Waals surface area contributed by atoms with E-state index in [0.717, 1.165) is 67.1 Å². The predicted molar refractivity (Wildman–Crippen MR) is 184 cm³/mol. The van der Waals surface area contributed by atoms with E-state index in [9.17, 15) is 0 Å². The highest BCUT2D eigenvalue weighted by atomic mass is 19.1. The first-order valence-electron chi connectivity index (χ1n) is 19.1. The summed E-state index contributed by atoms with van der Waals surface area (Å²) < 4.78 is 30.9. The first-order valence-corrected chi connectivity index (χ1v) is 19.1. The van der Waals surface area contributed by atoms with E-state index in [1.54, 1.807) is 0 Å². The molecular formula is C42H62F2. The summed E-state index contributed by atoms with van der Waals surface area (Å²) in [5, 5.41) is 0. The van der Waals surface area contributed by atoms with Crippen molar-refractivity contribution in [2.45, 2.75) is 179 Å². The molecular weight excluding hydrogens is 542 g/mol. The van der Waals surface area contributed by atoms with Crippen molar-refractivity contribution in [1.29, 1.82) is 0 Å². The summed E-state index contributed by atoms with van der Waals surface area (Å²) in [7, 11) is 0. The zero-order valence-electron chi connectivity index (χ0n) is 28.2. The van der Waals surface area contributed by atoms with Crippen LogP contribution >= 0.6 is 0 Å². The number of rotatable bonds is 14. The highest BCUT2D eigenvalue weighted by molar-refractivity contribution is 5.32. The second-order valence-electron chi connectivity index (χ2n) is 15.2. The van der Waals surface area contributed by atoms with Gasteiger partial charge in [0.15, 0.2) is 0 Å². The second-order valence-corrected chi connectivity index (χ2v) is 15.2. The van der Waals surface area contributed by atoms with Gasteiger partial charge in [0, 0.05) is 0 Å². The normalized spacial score (nSPS) is 27.8. The van der Waals surface area contributed by atoms with Crippen molar-refractivity contribution >= 4 is 0 Å². The summed E-state index contributed by atoms with van der Waals surface area (Å²) in [6, 6.07) is 12.4. The summed E-state index contributed by atoms with van der Waals surface area (Å²) in [6.45, 7) is 4.55. The second kappa shape index (κ2) is 17.3. The molecule has 0 atom stereocenters. The van der Waals surface area contributed by atoms with Crippen LogP contribution in [-0.2, 0) is 0 Å². The summed E-state index contributed by atoms with van der Waals surface area (Å²) in [5.41, 5.74) is 4.25. The Morgan fingerprint density at radius 2 is 0.818 bits per heavy atom. The van der Waals surface area contributed by atoms with Gasteiger partial charge in [0.05, 0.1) is 0 Å². The van der Waals surface area contributed by atoms with Gasteiger partial charge >= 0.3 is 0 Å². The number of halogens is 2. The average molecular weight is 605 g/mol. The number of unbranched alkanes of at least 4 members (excludes halogenated alkanes) is 6. The maximum atomic E-state index is 15.5. The Morgan fingerprint density at radius 3 is 1.27 bits per heavy atom. The first-order chi connectivity index (χ1) is 21.6. The van der Waals surface area contributed by atoms with Crippen molar-refractivity contribution < 1.29 is 8.78 Å². The monoisotopic (exact) mass is 604 g/mol. The predicted octanol–water partition coefficient (Wildman–Crippen LogP) is 13.9. The van der Waals surface area contributed by atoms with E-state index >= 15 is 8.78 Å². The highest BCUT2D eigenvalue weighted by Crippen LogP contribution is 2.44. The fraction of sp³-hybridized carbons (Fsp3) is 0.714. The molecule has 2 aromatic carbocycles. The van der Waals surface area contributed by atoms with Gasteiger partial charge in [0.25, 0.3) is 0 Å². The van der Waals surface area contributed by atoms with E-state index in [0.29, 0.717) is 23.7 Å². The van der Waals surface area contributed by atoms with E-state index in [1.165, 1.54) is 108 Å². The highest BCUT2D eigenvalue weighted by Gasteiger charge is 2.29. The van der Waals surface area contributed by atoms with E-state index in [1.807, 2.05) is 12.1 Å². The number of benzene rings is 2. The van der Waals surface area contributed by atoms with Crippen LogP contribution in [0.4, 0.5) is 8.78 Å². The molecule has 244 valence electrons. The van der Waals surface area contributed by atoms with Crippen LogP contribution in [0.3, 0.4) is 0 Å². The third-order valence-corrected chi connectivity index (χ3v) is 12.2. The lowest BCUT2D eigenvalue weighted by molar-refractivity contribution is 0.299. The van der Waals surface area contributed by atoms with Crippen LogP contribution in [0.15, 0.2) is 36.4 Å². The lowest BCUT2D eigenvalue weighted by Crippen LogP contribution is -2.16. The van der Waals surface area contributed by atoms with Crippen LogP contribution in [0.25, 0.3) is 0 Å². The maximum Gasteiger partial charge on any atom is 0.126 e. The van der Waals surface area contributed by atoms with E-state index in [4.69, 9.17) is 0 Å². The van der Waals surface area contributed by atoms with Gasteiger partial charge in [-0.1, -0.05) is 102 Å². The van der Waals surface area contributed by atoms with Crippen molar-refractivity contribution in [3.05, 3.63) is 70.3 Å². The molecule has 0 aromatic heterocycles. The Labute approximate surface area is 269 Å². The van der Waals surface area contributed by atoms with Gasteiger partial charge in [-0.3, -0.25) is 0 Å². The Hall–Kier alpha value is -1.70. The molecule has 3 fully saturated rings. The number of hydrogen-bond acceptors (Lipinski definition) is 0. The average Bonchev–Trinajstić information content (AvgIpc) is 3.05. The van der Waals surface area contributed by atoms with Gasteiger partial charge in [0.1, 0.15) is 11.6 Å². The molecule has 0 N–H and O–H groups in total. The zero-order chi connectivity index (χ0) is 30.7. The van der Waals surface area contributed by atoms with Crippen molar-refractivity contribution in [3.8, 4) is 0 Å². The molecule has 5 rings (SSSR count). The molecule has 3 saturated carbocycles. The summed E-state index contributed by atoms with van der Waals surface area (Å²) in [5.74, 6) is 3.38. The molecule has 2 aromatic rings. The third-order valence-electron chi connectivity index (χ3n) is 12.2. The minimum Gasteiger partial charge on any atom is -0.207 e. The van der Waals surface area contributed by atoms with Crippen molar-refractivity contribution in [2.75, 3.05) is 0 Å². The lowest BCUT2D eigenvalue weighted by Gasteiger charge is -2.31. The maximum absolute atomic E-state index is 15.5. The van der Waals surface area contributed by atoms with E-state index in [2.05, 4.69) is 38.1 Å². The minimum absolute atomic E-state index is 0.0134.